The van der Waals surface area contributed by atoms with E-state index in [9.17, 15) is 23.9 Å². The molecule has 2 fully saturated rings. The zero-order valence-electron chi connectivity index (χ0n) is 26.4. The van der Waals surface area contributed by atoms with E-state index < -0.39 is 23.7 Å². The molecule has 3 heterocycles. The average molecular weight is 625 g/mol. The van der Waals surface area contributed by atoms with Gasteiger partial charge in [0.1, 0.15) is 23.4 Å². The highest BCUT2D eigenvalue weighted by Crippen LogP contribution is 2.26. The van der Waals surface area contributed by atoms with E-state index in [-0.39, 0.29) is 50.3 Å². The number of likely N-dealkylation sites (N-methyl/N-ethyl adjacent to an activating group) is 2. The predicted octanol–water partition coefficient (Wildman–Crippen LogP) is 1.06. The van der Waals surface area contributed by atoms with Crippen LogP contribution in [0.3, 0.4) is 0 Å². The fraction of sp³-hybridized carbons (Fsp3) is 0.500. The molecule has 2 aliphatic heterocycles. The lowest BCUT2D eigenvalue weighted by molar-refractivity contribution is -0.151. The molecule has 4 rings (SSSR count). The number of carbonyl (C=O) groups is 3. The predicted molar refractivity (Wildman–Crippen MR) is 169 cm³/mol. The summed E-state index contributed by atoms with van der Waals surface area (Å²) in [4.78, 5) is 53.7. The summed E-state index contributed by atoms with van der Waals surface area (Å²) < 4.78 is 14.8. The maximum absolute atomic E-state index is 14.8. The molecule has 45 heavy (non-hydrogen) atoms. The van der Waals surface area contributed by atoms with Crippen molar-refractivity contribution in [2.24, 2.45) is 5.84 Å². The van der Waals surface area contributed by atoms with Gasteiger partial charge in [-0.2, -0.15) is 0 Å². The van der Waals surface area contributed by atoms with Crippen molar-refractivity contribution < 1.29 is 23.9 Å². The quantitative estimate of drug-likeness (QED) is 0.136. The van der Waals surface area contributed by atoms with E-state index in [1.165, 1.54) is 23.1 Å². The second-order valence-corrected chi connectivity index (χ2v) is 11.9. The summed E-state index contributed by atoms with van der Waals surface area (Å²) in [5, 5.41) is 10.8. The molecule has 244 valence electrons. The summed E-state index contributed by atoms with van der Waals surface area (Å²) in [5.41, 5.74) is 0.719. The van der Waals surface area contributed by atoms with Gasteiger partial charge in [0.15, 0.2) is 0 Å². The van der Waals surface area contributed by atoms with Gasteiger partial charge in [0.25, 0.3) is 0 Å². The monoisotopic (exact) mass is 624 g/mol. The fourth-order valence-corrected chi connectivity index (χ4v) is 6.04. The van der Waals surface area contributed by atoms with Crippen LogP contribution in [0.25, 0.3) is 0 Å². The van der Waals surface area contributed by atoms with Crippen molar-refractivity contribution in [3.05, 3.63) is 66.1 Å². The summed E-state index contributed by atoms with van der Waals surface area (Å²) >= 11 is 0. The number of aromatic nitrogens is 1. The number of imide groups is 1. The topological polar surface area (TPSA) is 130 Å². The molecule has 0 aliphatic carbocycles. The Labute approximate surface area is 264 Å². The number of phenols is 1. The SMILES string of the molecule is C=CCN(N)CC(=O)N(C=O)[C@@H](Cc1ccc(O)cc1F)C(=O)N(CC)Cc1cccc(N2CC(N3CCN(C)C[C@@H]3C)C2)n1. The molecule has 0 unspecified atom stereocenters. The minimum atomic E-state index is -1.35. The Kier molecular flexibility index (Phi) is 11.6. The lowest BCUT2D eigenvalue weighted by Crippen LogP contribution is -2.65. The molecular formula is C32H45FN8O4. The van der Waals surface area contributed by atoms with Gasteiger partial charge in [0.2, 0.25) is 18.2 Å². The molecule has 3 amide bonds. The lowest BCUT2D eigenvalue weighted by Gasteiger charge is -2.51. The Hall–Kier alpha value is -3.91. The number of halogens is 1. The van der Waals surface area contributed by atoms with Crippen LogP contribution in [0.4, 0.5) is 10.2 Å². The van der Waals surface area contributed by atoms with Crippen LogP contribution in [0.1, 0.15) is 25.1 Å². The van der Waals surface area contributed by atoms with Crippen LogP contribution in [0, 0.1) is 5.82 Å². The van der Waals surface area contributed by atoms with Crippen molar-refractivity contribution in [1.82, 2.24) is 29.6 Å². The number of hydrogen-bond donors (Lipinski definition) is 2. The number of hydrogen-bond acceptors (Lipinski definition) is 10. The highest BCUT2D eigenvalue weighted by Gasteiger charge is 2.37. The van der Waals surface area contributed by atoms with Crippen molar-refractivity contribution >= 4 is 24.0 Å². The number of benzene rings is 1. The maximum Gasteiger partial charge on any atom is 0.246 e. The van der Waals surface area contributed by atoms with E-state index in [1.807, 2.05) is 18.2 Å². The zero-order valence-corrected chi connectivity index (χ0v) is 26.4. The van der Waals surface area contributed by atoms with Gasteiger partial charge in [-0.25, -0.2) is 14.4 Å². The number of rotatable bonds is 14. The van der Waals surface area contributed by atoms with Gasteiger partial charge in [-0.05, 0) is 44.7 Å². The van der Waals surface area contributed by atoms with Gasteiger partial charge < -0.3 is 19.8 Å². The van der Waals surface area contributed by atoms with Crippen molar-refractivity contribution in [2.75, 3.05) is 64.3 Å². The van der Waals surface area contributed by atoms with Crippen LogP contribution in [0.2, 0.25) is 0 Å². The Morgan fingerprint density at radius 1 is 1.22 bits per heavy atom. The van der Waals surface area contributed by atoms with E-state index >= 15 is 0 Å². The van der Waals surface area contributed by atoms with E-state index in [1.54, 1.807) is 6.92 Å². The summed E-state index contributed by atoms with van der Waals surface area (Å²) in [7, 11) is 2.15. The number of aromatic hydroxyl groups is 1. The van der Waals surface area contributed by atoms with Crippen LogP contribution in [0.5, 0.6) is 5.75 Å². The summed E-state index contributed by atoms with van der Waals surface area (Å²) in [6.45, 7) is 12.8. The first-order chi connectivity index (χ1) is 21.5. The largest absolute Gasteiger partial charge is 0.508 e. The van der Waals surface area contributed by atoms with Gasteiger partial charge in [0.05, 0.1) is 18.8 Å². The normalized spacial score (nSPS) is 18.4. The molecule has 13 heteroatoms. The van der Waals surface area contributed by atoms with Gasteiger partial charge in [-0.1, -0.05) is 18.2 Å². The fourth-order valence-electron chi connectivity index (χ4n) is 6.04. The molecule has 0 bridgehead atoms. The van der Waals surface area contributed by atoms with Crippen LogP contribution in [-0.4, -0.2) is 130 Å². The van der Waals surface area contributed by atoms with Crippen molar-refractivity contribution in [1.29, 1.82) is 0 Å². The van der Waals surface area contributed by atoms with E-state index in [4.69, 9.17) is 10.8 Å². The van der Waals surface area contributed by atoms with E-state index in [0.717, 1.165) is 54.5 Å². The molecule has 1 aromatic heterocycles. The van der Waals surface area contributed by atoms with Crippen LogP contribution in [0.15, 0.2) is 49.1 Å². The standard InChI is InChI=1S/C32H45FN8O4/c1-5-12-39(34)21-31(44)41(22-42)29(15-24-10-11-27(43)16-28(24)33)32(45)37(6-2)18-25-8-7-9-30(35-25)38-19-26(20-38)40-14-13-36(4)17-23(40)3/h5,7-11,16,22-23,26,29,43H,1,6,12-15,17-21,34H2,2-4H3/t23-,29-/m0/s1. The number of amides is 3. The highest BCUT2D eigenvalue weighted by atomic mass is 19.1. The number of nitrogens with two attached hydrogens (primary N) is 1. The molecular weight excluding hydrogens is 579 g/mol. The molecule has 1 aromatic carbocycles. The number of pyridine rings is 1. The summed E-state index contributed by atoms with van der Waals surface area (Å²) in [6, 6.07) is 8.85. The number of carbonyl (C=O) groups excluding carboxylic acids is 3. The summed E-state index contributed by atoms with van der Waals surface area (Å²) in [6.07, 6.45) is 1.49. The summed E-state index contributed by atoms with van der Waals surface area (Å²) in [5.74, 6) is 4.38. The molecule has 2 aromatic rings. The van der Waals surface area contributed by atoms with E-state index in [0.29, 0.717) is 17.8 Å². The van der Waals surface area contributed by atoms with Gasteiger partial charge in [0, 0.05) is 70.4 Å². The van der Waals surface area contributed by atoms with Crippen LogP contribution in [-0.2, 0) is 27.3 Å². The number of hydrazine groups is 1. The van der Waals surface area contributed by atoms with E-state index in [2.05, 4.69) is 35.3 Å². The minimum absolute atomic E-state index is 0.0691. The number of anilines is 1. The number of nitrogens with zero attached hydrogens (tertiary/aromatic N) is 7. The lowest BCUT2D eigenvalue weighted by atomic mass is 10.0. The molecule has 2 aliphatic rings. The first-order valence-electron chi connectivity index (χ1n) is 15.3. The van der Waals surface area contributed by atoms with Crippen molar-refractivity contribution in [3.8, 4) is 5.75 Å². The Morgan fingerprint density at radius 3 is 2.62 bits per heavy atom. The Bertz CT molecular complexity index is 1360. The third-order valence-corrected chi connectivity index (χ3v) is 8.55. The molecule has 0 saturated carbocycles. The van der Waals surface area contributed by atoms with Gasteiger partial charge in [-0.3, -0.25) is 30.0 Å². The number of phenolic OH excluding ortho intramolecular Hbond substituents is 1. The first kappa shape index (κ1) is 34.0. The van der Waals surface area contributed by atoms with Gasteiger partial charge >= 0.3 is 0 Å². The third kappa shape index (κ3) is 8.42. The molecule has 3 N–H and O–H groups in total. The highest BCUT2D eigenvalue weighted by molar-refractivity contribution is 5.95. The van der Waals surface area contributed by atoms with Crippen molar-refractivity contribution in [2.45, 2.75) is 44.9 Å². The number of piperazine rings is 1. The Morgan fingerprint density at radius 2 is 1.98 bits per heavy atom. The third-order valence-electron chi connectivity index (χ3n) is 8.55. The maximum atomic E-state index is 14.8. The average Bonchev–Trinajstić information content (AvgIpc) is 2.97. The molecule has 12 nitrogen and oxygen atoms in total. The molecule has 2 atom stereocenters. The van der Waals surface area contributed by atoms with Crippen LogP contribution < -0.4 is 10.7 Å². The van der Waals surface area contributed by atoms with Crippen molar-refractivity contribution in [3.63, 3.8) is 0 Å². The minimum Gasteiger partial charge on any atom is -0.508 e. The van der Waals surface area contributed by atoms with Crippen LogP contribution >= 0.6 is 0 Å². The second-order valence-electron chi connectivity index (χ2n) is 11.9. The first-order valence-corrected chi connectivity index (χ1v) is 15.3. The Balaban J connectivity index is 1.50. The second kappa shape index (κ2) is 15.4. The molecule has 0 spiro atoms. The van der Waals surface area contributed by atoms with Gasteiger partial charge in [-0.15, -0.1) is 6.58 Å². The smallest absolute Gasteiger partial charge is 0.246 e. The zero-order chi connectivity index (χ0) is 32.7. The molecule has 2 saturated heterocycles. The molecule has 0 radical (unpaired) electrons.